The molecule has 1 aliphatic rings. The normalized spacial score (nSPS) is 14.3. The van der Waals surface area contributed by atoms with Crippen LogP contribution in [0, 0.1) is 15.9 Å². The Morgan fingerprint density at radius 3 is 2.47 bits per heavy atom. The van der Waals surface area contributed by atoms with Crippen molar-refractivity contribution in [3.63, 3.8) is 0 Å². The van der Waals surface area contributed by atoms with Crippen LogP contribution in [0.5, 0.6) is 0 Å². The van der Waals surface area contributed by atoms with Crippen LogP contribution in [0.25, 0.3) is 16.2 Å². The summed E-state index contributed by atoms with van der Waals surface area (Å²) in [4.78, 5) is 39.4. The molecule has 0 atom stereocenters. The summed E-state index contributed by atoms with van der Waals surface area (Å²) >= 11 is 7.50. The van der Waals surface area contributed by atoms with Crippen molar-refractivity contribution in [1.82, 2.24) is 9.80 Å². The van der Waals surface area contributed by atoms with Crippen LogP contribution >= 0.6 is 22.9 Å². The van der Waals surface area contributed by atoms with E-state index in [1.165, 1.54) is 30.4 Å². The van der Waals surface area contributed by atoms with Gasteiger partial charge < -0.3 is 9.80 Å². The molecule has 0 radical (unpaired) electrons. The maximum Gasteiger partial charge on any atom is 0.270 e. The Balaban J connectivity index is 1.42. The van der Waals surface area contributed by atoms with Crippen LogP contribution in [0.15, 0.2) is 48.5 Å². The number of carbonyl (C=O) groups is 2. The number of nitro groups is 1. The fourth-order valence-electron chi connectivity index (χ4n) is 3.46. The molecule has 0 aliphatic carbocycles. The zero-order chi connectivity index (χ0) is 22.8. The molecular weight excluding hydrogens is 457 g/mol. The maximum absolute atomic E-state index is 13.7. The predicted octanol–water partition coefficient (Wildman–Crippen LogP) is 4.60. The van der Waals surface area contributed by atoms with E-state index >= 15 is 0 Å². The van der Waals surface area contributed by atoms with Crippen molar-refractivity contribution in [3.05, 3.63) is 79.9 Å². The highest BCUT2D eigenvalue weighted by Gasteiger charge is 2.27. The second-order valence-electron chi connectivity index (χ2n) is 7.16. The number of piperazine rings is 1. The fourth-order valence-corrected chi connectivity index (χ4v) is 4.97. The summed E-state index contributed by atoms with van der Waals surface area (Å²) < 4.78 is 14.3. The third-order valence-corrected chi connectivity index (χ3v) is 6.85. The van der Waals surface area contributed by atoms with Gasteiger partial charge in [-0.25, -0.2) is 4.39 Å². The van der Waals surface area contributed by atoms with Gasteiger partial charge in [0.05, 0.1) is 9.95 Å². The Morgan fingerprint density at radius 1 is 1.09 bits per heavy atom. The molecule has 4 rings (SSSR count). The summed E-state index contributed by atoms with van der Waals surface area (Å²) in [6.45, 7) is 1.31. The molecule has 0 saturated carbocycles. The second kappa shape index (κ2) is 9.05. The zero-order valence-electron chi connectivity index (χ0n) is 16.7. The van der Waals surface area contributed by atoms with Gasteiger partial charge in [-0.3, -0.25) is 19.7 Å². The van der Waals surface area contributed by atoms with Crippen LogP contribution in [-0.2, 0) is 4.79 Å². The molecule has 164 valence electrons. The number of nitrogens with zero attached hydrogens (tertiary/aromatic N) is 3. The third-order valence-electron chi connectivity index (χ3n) is 5.21. The van der Waals surface area contributed by atoms with Gasteiger partial charge in [0, 0.05) is 60.0 Å². The lowest BCUT2D eigenvalue weighted by Gasteiger charge is -2.34. The lowest BCUT2D eigenvalue weighted by molar-refractivity contribution is -0.384. The van der Waals surface area contributed by atoms with Gasteiger partial charge in [-0.1, -0.05) is 29.8 Å². The maximum atomic E-state index is 13.7. The van der Waals surface area contributed by atoms with Crippen LogP contribution in [0.3, 0.4) is 0 Å². The number of fused-ring (bicyclic) bond motifs is 1. The largest absolute Gasteiger partial charge is 0.336 e. The van der Waals surface area contributed by atoms with Gasteiger partial charge >= 0.3 is 0 Å². The van der Waals surface area contributed by atoms with Gasteiger partial charge in [-0.15, -0.1) is 11.3 Å². The molecule has 1 aromatic heterocycles. The first-order chi connectivity index (χ1) is 15.3. The van der Waals surface area contributed by atoms with Crippen molar-refractivity contribution in [3.8, 4) is 0 Å². The minimum absolute atomic E-state index is 0.0648. The Kier molecular flexibility index (Phi) is 6.20. The monoisotopic (exact) mass is 473 g/mol. The summed E-state index contributed by atoms with van der Waals surface area (Å²) in [6, 6.07) is 10.5. The number of carbonyl (C=O) groups excluding carboxylic acids is 2. The van der Waals surface area contributed by atoms with Gasteiger partial charge in [0.1, 0.15) is 10.7 Å². The molecule has 2 heterocycles. The van der Waals surface area contributed by atoms with E-state index in [-0.39, 0.29) is 22.5 Å². The lowest BCUT2D eigenvalue weighted by atomic mass is 10.2. The highest BCUT2D eigenvalue weighted by Crippen LogP contribution is 2.38. The Morgan fingerprint density at radius 2 is 1.78 bits per heavy atom. The molecule has 3 aromatic rings. The molecule has 0 N–H and O–H groups in total. The molecule has 1 aliphatic heterocycles. The minimum Gasteiger partial charge on any atom is -0.336 e. The van der Waals surface area contributed by atoms with E-state index in [1.807, 2.05) is 0 Å². The first-order valence-electron chi connectivity index (χ1n) is 9.72. The summed E-state index contributed by atoms with van der Waals surface area (Å²) in [5.74, 6) is -0.932. The number of halogens is 2. The Hall–Kier alpha value is -3.30. The zero-order valence-corrected chi connectivity index (χ0v) is 18.2. The topological polar surface area (TPSA) is 83.8 Å². The van der Waals surface area contributed by atoms with Crippen LogP contribution in [0.1, 0.15) is 15.2 Å². The van der Waals surface area contributed by atoms with Crippen LogP contribution in [-0.4, -0.2) is 52.7 Å². The van der Waals surface area contributed by atoms with E-state index in [2.05, 4.69) is 0 Å². The number of hydrogen-bond acceptors (Lipinski definition) is 5. The van der Waals surface area contributed by atoms with Crippen molar-refractivity contribution < 1.29 is 18.9 Å². The average molecular weight is 474 g/mol. The highest BCUT2D eigenvalue weighted by molar-refractivity contribution is 7.21. The van der Waals surface area contributed by atoms with E-state index in [0.29, 0.717) is 46.7 Å². The lowest BCUT2D eigenvalue weighted by Crippen LogP contribution is -2.50. The fraction of sp³-hybridized carbons (Fsp3) is 0.182. The van der Waals surface area contributed by atoms with Crippen molar-refractivity contribution in [2.45, 2.75) is 0 Å². The Bertz CT molecular complexity index is 1250. The van der Waals surface area contributed by atoms with Crippen molar-refractivity contribution in [2.24, 2.45) is 0 Å². The van der Waals surface area contributed by atoms with Gasteiger partial charge in [-0.2, -0.15) is 0 Å². The second-order valence-corrected chi connectivity index (χ2v) is 8.59. The SMILES string of the molecule is O=C(C=Cc1ccccc1F)N1CCN(C(=O)c2sc3cc([N+](=O)[O-])ccc3c2Cl)CC1. The predicted molar refractivity (Wildman–Crippen MR) is 121 cm³/mol. The molecule has 7 nitrogen and oxygen atoms in total. The van der Waals surface area contributed by atoms with E-state index in [9.17, 15) is 24.1 Å². The van der Waals surface area contributed by atoms with Gasteiger partial charge in [-0.05, 0) is 18.2 Å². The first kappa shape index (κ1) is 21.9. The van der Waals surface area contributed by atoms with E-state index in [1.54, 1.807) is 34.1 Å². The third kappa shape index (κ3) is 4.35. The number of benzene rings is 2. The molecule has 0 unspecified atom stereocenters. The molecule has 2 amide bonds. The van der Waals surface area contributed by atoms with E-state index in [4.69, 9.17) is 11.6 Å². The highest BCUT2D eigenvalue weighted by atomic mass is 35.5. The van der Waals surface area contributed by atoms with E-state index < -0.39 is 10.7 Å². The summed E-state index contributed by atoms with van der Waals surface area (Å²) in [6.07, 6.45) is 2.76. The molecule has 10 heteroatoms. The number of rotatable bonds is 4. The average Bonchev–Trinajstić information content (AvgIpc) is 3.13. The van der Waals surface area contributed by atoms with Gasteiger partial charge in [0.15, 0.2) is 0 Å². The molecule has 1 saturated heterocycles. The quantitative estimate of drug-likeness (QED) is 0.315. The number of thiophene rings is 1. The summed E-state index contributed by atoms with van der Waals surface area (Å²) in [5.41, 5.74) is 0.263. The summed E-state index contributed by atoms with van der Waals surface area (Å²) in [5, 5.41) is 11.9. The van der Waals surface area contributed by atoms with Crippen molar-refractivity contribution in [2.75, 3.05) is 26.2 Å². The van der Waals surface area contributed by atoms with E-state index in [0.717, 1.165) is 11.3 Å². The molecular formula is C22H17ClFN3O4S. The van der Waals surface area contributed by atoms with Gasteiger partial charge in [0.25, 0.3) is 11.6 Å². The first-order valence-corrected chi connectivity index (χ1v) is 10.9. The molecule has 1 fully saturated rings. The number of non-ortho nitro benzene ring substituents is 1. The Labute approximate surface area is 191 Å². The molecule has 32 heavy (non-hydrogen) atoms. The smallest absolute Gasteiger partial charge is 0.270 e. The minimum atomic E-state index is -0.495. The van der Waals surface area contributed by atoms with Crippen LogP contribution in [0.2, 0.25) is 5.02 Å². The van der Waals surface area contributed by atoms with Crippen LogP contribution < -0.4 is 0 Å². The molecule has 0 spiro atoms. The summed E-state index contributed by atoms with van der Waals surface area (Å²) in [7, 11) is 0. The van der Waals surface area contributed by atoms with Crippen molar-refractivity contribution in [1.29, 1.82) is 0 Å². The standard InChI is InChI=1S/C22H17ClFN3O4S/c23-20-16-7-6-15(27(30)31)13-18(16)32-21(20)22(29)26-11-9-25(10-12-26)19(28)8-5-14-3-1-2-4-17(14)24/h1-8,13H,9-12H2. The van der Waals surface area contributed by atoms with Crippen LogP contribution in [0.4, 0.5) is 10.1 Å². The molecule has 0 bridgehead atoms. The molecule has 2 aromatic carbocycles. The number of amides is 2. The number of nitro benzene ring substituents is 1. The number of hydrogen-bond donors (Lipinski definition) is 0. The van der Waals surface area contributed by atoms with Gasteiger partial charge in [0.2, 0.25) is 5.91 Å². The van der Waals surface area contributed by atoms with Crippen molar-refractivity contribution >= 4 is 56.6 Å².